The second kappa shape index (κ2) is 15.0. The van der Waals surface area contributed by atoms with Gasteiger partial charge in [-0.2, -0.15) is 6.07 Å². The van der Waals surface area contributed by atoms with Gasteiger partial charge < -0.3 is 19.1 Å². The first kappa shape index (κ1) is 41.8. The predicted molar refractivity (Wildman–Crippen MR) is 229 cm³/mol. The van der Waals surface area contributed by atoms with Crippen molar-refractivity contribution in [2.24, 2.45) is 0 Å². The van der Waals surface area contributed by atoms with Crippen LogP contribution in [0, 0.1) is 18.8 Å². The van der Waals surface area contributed by atoms with Crippen molar-refractivity contribution in [1.29, 1.82) is 0 Å². The molecule has 292 valence electrons. The Labute approximate surface area is 344 Å². The molecule has 3 heterocycles. The molecule has 0 atom stereocenters. The number of hydrogen-bond donors (Lipinski definition) is 0. The predicted octanol–water partition coefficient (Wildman–Crippen LogP) is 13.3. The number of rotatable bonds is 5. The summed E-state index contributed by atoms with van der Waals surface area (Å²) in [5.41, 5.74) is 9.03. The van der Waals surface area contributed by atoms with E-state index in [4.69, 9.17) is 9.72 Å². The second-order valence-electron chi connectivity index (χ2n) is 18.6. The van der Waals surface area contributed by atoms with Gasteiger partial charge in [0.15, 0.2) is 0 Å². The van der Waals surface area contributed by atoms with Crippen LogP contribution in [0.25, 0.3) is 27.6 Å². The summed E-state index contributed by atoms with van der Waals surface area (Å²) in [7, 11) is 0. The molecule has 55 heavy (non-hydrogen) atoms. The van der Waals surface area contributed by atoms with Crippen LogP contribution in [-0.4, -0.2) is 9.55 Å². The molecule has 0 radical (unpaired) electrons. The van der Waals surface area contributed by atoms with Crippen molar-refractivity contribution in [3.05, 3.63) is 139 Å². The Hall–Kier alpha value is -4.34. The summed E-state index contributed by atoms with van der Waals surface area (Å²) < 4.78 is 8.88. The SMILES string of the molecule is C.CC(C)(C)c1cc(Oc2[c-]c3c(cc2)c2ccccc2n3-c2cc(C(C)(C)C)ccn2)[c-]c(N2C=CN(c3cc(C(C)(C)C)cc(C(C)(C)C)c3)[CH-]2)c1.[Pt]. The third-order valence-corrected chi connectivity index (χ3v) is 10.2. The van der Waals surface area contributed by atoms with E-state index in [1.54, 1.807) is 0 Å². The Bertz CT molecular complexity index is 2330. The molecule has 0 amide bonds. The zero-order valence-corrected chi connectivity index (χ0v) is 36.1. The number of hydrogen-bond acceptors (Lipinski definition) is 4. The molecule has 0 bridgehead atoms. The summed E-state index contributed by atoms with van der Waals surface area (Å²) in [5.74, 6) is 2.13. The molecular weight excluding hydrogens is 856 g/mol. The van der Waals surface area contributed by atoms with E-state index in [0.29, 0.717) is 11.5 Å². The molecule has 0 spiro atoms. The normalized spacial score (nSPS) is 13.7. The van der Waals surface area contributed by atoms with E-state index in [-0.39, 0.29) is 50.2 Å². The quantitative estimate of drug-likeness (QED) is 0.161. The van der Waals surface area contributed by atoms with Crippen LogP contribution < -0.4 is 14.5 Å². The number of anilines is 2. The number of nitrogens with zero attached hydrogens (tertiary/aromatic N) is 4. The Balaban J connectivity index is 0.00000290. The van der Waals surface area contributed by atoms with Crippen molar-refractivity contribution in [3.8, 4) is 17.3 Å². The van der Waals surface area contributed by atoms with Crippen LogP contribution in [0.3, 0.4) is 0 Å². The summed E-state index contributed by atoms with van der Waals surface area (Å²) in [6.07, 6.45) is 6.12. The second-order valence-corrected chi connectivity index (χ2v) is 18.6. The molecule has 5 nitrogen and oxygen atoms in total. The molecule has 0 unspecified atom stereocenters. The summed E-state index contributed by atoms with van der Waals surface area (Å²) in [6, 6.07) is 35.4. The van der Waals surface area contributed by atoms with Crippen molar-refractivity contribution in [1.82, 2.24) is 9.55 Å². The van der Waals surface area contributed by atoms with Gasteiger partial charge in [0.1, 0.15) is 5.82 Å². The monoisotopic (exact) mass is 912 g/mol. The molecule has 1 aliphatic rings. The number of benzene rings is 4. The van der Waals surface area contributed by atoms with E-state index in [0.717, 1.165) is 44.6 Å². The summed E-state index contributed by atoms with van der Waals surface area (Å²) in [6.45, 7) is 29.2. The van der Waals surface area contributed by atoms with Crippen LogP contribution in [0.2, 0.25) is 0 Å². The van der Waals surface area contributed by atoms with Crippen LogP contribution in [-0.2, 0) is 42.7 Å². The minimum absolute atomic E-state index is 0. The molecule has 6 aromatic rings. The van der Waals surface area contributed by atoms with Crippen LogP contribution in [0.15, 0.2) is 97.5 Å². The minimum Gasteiger partial charge on any atom is -0.509 e. The average Bonchev–Trinajstić information content (AvgIpc) is 3.70. The van der Waals surface area contributed by atoms with Crippen LogP contribution in [0.4, 0.5) is 11.4 Å². The zero-order chi connectivity index (χ0) is 38.1. The van der Waals surface area contributed by atoms with Gasteiger partial charge in [0.2, 0.25) is 0 Å². The third kappa shape index (κ3) is 8.58. The summed E-state index contributed by atoms with van der Waals surface area (Å²) in [4.78, 5) is 9.17. The molecule has 0 saturated carbocycles. The van der Waals surface area contributed by atoms with E-state index in [9.17, 15) is 0 Å². The van der Waals surface area contributed by atoms with E-state index in [2.05, 4.69) is 201 Å². The third-order valence-electron chi connectivity index (χ3n) is 10.2. The van der Waals surface area contributed by atoms with Crippen LogP contribution in [0.5, 0.6) is 11.5 Å². The Kier molecular flexibility index (Phi) is 11.4. The first-order valence-electron chi connectivity index (χ1n) is 18.7. The molecule has 0 fully saturated rings. The fourth-order valence-corrected chi connectivity index (χ4v) is 6.73. The molecular formula is C49H57N4OPt-3. The number of ether oxygens (including phenoxy) is 1. The number of fused-ring (bicyclic) bond motifs is 3. The van der Waals surface area contributed by atoms with Crippen molar-refractivity contribution in [2.75, 3.05) is 9.80 Å². The maximum atomic E-state index is 6.68. The largest absolute Gasteiger partial charge is 0.509 e. The van der Waals surface area contributed by atoms with Crippen LogP contribution >= 0.6 is 0 Å². The first-order chi connectivity index (χ1) is 24.8. The molecule has 0 aliphatic carbocycles. The van der Waals surface area contributed by atoms with E-state index < -0.39 is 0 Å². The zero-order valence-electron chi connectivity index (χ0n) is 33.8. The Morgan fingerprint density at radius 2 is 1.18 bits per heavy atom. The van der Waals surface area contributed by atoms with E-state index in [1.165, 1.54) is 16.7 Å². The van der Waals surface area contributed by atoms with Crippen molar-refractivity contribution in [2.45, 2.75) is 112 Å². The molecule has 6 heteroatoms. The average molecular weight is 913 g/mol. The number of pyridine rings is 1. The Morgan fingerprint density at radius 3 is 1.82 bits per heavy atom. The molecule has 4 aromatic carbocycles. The van der Waals surface area contributed by atoms with Crippen LogP contribution in [0.1, 0.15) is 113 Å². The van der Waals surface area contributed by atoms with Gasteiger partial charge in [-0.15, -0.1) is 53.6 Å². The van der Waals surface area contributed by atoms with E-state index >= 15 is 0 Å². The standard InChI is InChI=1S/C48H53N4O.CH4.Pt/c1-45(2,3)32-19-20-49-44(28-32)52-42-16-14-13-15-40(42)41-18-17-38(30-43(41)52)53-39-27-35(48(10,11)12)26-37(29-39)51-22-21-50(31-51)36-24-33(46(4,5)6)23-34(25-36)47(7,8)9;;/h13-28,31H,1-12H3;1H4;/q-3;;. The van der Waals surface area contributed by atoms with E-state index in [1.807, 2.05) is 12.3 Å². The molecule has 0 saturated heterocycles. The van der Waals surface area contributed by atoms with Gasteiger partial charge in [-0.1, -0.05) is 120 Å². The topological polar surface area (TPSA) is 33.5 Å². The summed E-state index contributed by atoms with van der Waals surface area (Å²) in [5, 5.41) is 2.26. The van der Waals surface area contributed by atoms with Gasteiger partial charge in [0, 0.05) is 50.0 Å². The van der Waals surface area contributed by atoms with Gasteiger partial charge >= 0.3 is 0 Å². The fraction of sp³-hybridized carbons (Fsp3) is 0.347. The fourth-order valence-electron chi connectivity index (χ4n) is 6.73. The molecule has 1 aliphatic heterocycles. The maximum absolute atomic E-state index is 6.68. The maximum Gasteiger partial charge on any atom is 0.135 e. The Morgan fingerprint density at radius 1 is 0.582 bits per heavy atom. The van der Waals surface area contributed by atoms with Gasteiger partial charge in [-0.3, -0.25) is 0 Å². The van der Waals surface area contributed by atoms with Crippen molar-refractivity contribution >= 4 is 33.2 Å². The summed E-state index contributed by atoms with van der Waals surface area (Å²) >= 11 is 0. The van der Waals surface area contributed by atoms with Gasteiger partial charge in [-0.05, 0) is 86.5 Å². The van der Waals surface area contributed by atoms with Gasteiger partial charge in [0.05, 0.1) is 0 Å². The number of para-hydroxylation sites is 1. The van der Waals surface area contributed by atoms with Gasteiger partial charge in [0.25, 0.3) is 0 Å². The minimum atomic E-state index is -0.114. The molecule has 2 aromatic heterocycles. The van der Waals surface area contributed by atoms with Crippen molar-refractivity contribution in [3.63, 3.8) is 0 Å². The molecule has 7 rings (SSSR count). The molecule has 0 N–H and O–H groups in total. The number of aromatic nitrogens is 2. The van der Waals surface area contributed by atoms with Crippen molar-refractivity contribution < 1.29 is 25.8 Å². The first-order valence-corrected chi connectivity index (χ1v) is 18.7. The smallest absolute Gasteiger partial charge is 0.135 e. The van der Waals surface area contributed by atoms with Gasteiger partial charge in [-0.25, -0.2) is 4.98 Å².